The number of amides is 4. The molecule has 0 spiro atoms. The number of fused-ring (bicyclic) bond motifs is 1. The fourth-order valence-electron chi connectivity index (χ4n) is 4.10. The minimum absolute atomic E-state index is 0.361. The number of imide groups is 1. The van der Waals surface area contributed by atoms with Crippen molar-refractivity contribution >= 4 is 28.7 Å². The number of aromatic nitrogens is 2. The molecule has 0 radical (unpaired) electrons. The van der Waals surface area contributed by atoms with Gasteiger partial charge in [-0.15, -0.1) is 0 Å². The van der Waals surface area contributed by atoms with Gasteiger partial charge in [0.15, 0.2) is 5.54 Å². The van der Waals surface area contributed by atoms with E-state index >= 15 is 0 Å². The van der Waals surface area contributed by atoms with Gasteiger partial charge in [0, 0.05) is 0 Å². The van der Waals surface area contributed by atoms with Gasteiger partial charge in [-0.1, -0.05) is 72.8 Å². The first kappa shape index (κ1) is 21.1. The van der Waals surface area contributed by atoms with E-state index in [1.54, 1.807) is 84.9 Å². The molecule has 0 aliphatic carbocycles. The highest BCUT2D eigenvalue weighted by Gasteiger charge is 2.54. The van der Waals surface area contributed by atoms with E-state index in [2.05, 4.69) is 15.7 Å². The van der Waals surface area contributed by atoms with Gasteiger partial charge >= 0.3 is 6.03 Å². The summed E-state index contributed by atoms with van der Waals surface area (Å²) in [6, 6.07) is 23.6. The zero-order chi connectivity index (χ0) is 23.7. The second kappa shape index (κ2) is 8.28. The van der Waals surface area contributed by atoms with E-state index < -0.39 is 35.5 Å². The number of hydrogen-bond donors (Lipinski definition) is 2. The molecule has 1 aliphatic rings. The molecular weight excluding hydrogens is 434 g/mol. The number of nitrogens with one attached hydrogen (secondary N) is 2. The zero-order valence-corrected chi connectivity index (χ0v) is 17.8. The number of urea groups is 1. The van der Waals surface area contributed by atoms with Gasteiger partial charge in [-0.05, 0) is 23.3 Å². The molecule has 1 aliphatic heterocycles. The Kier molecular flexibility index (Phi) is 5.14. The van der Waals surface area contributed by atoms with Crippen LogP contribution in [-0.4, -0.2) is 32.4 Å². The number of hydrazine groups is 1. The Balaban J connectivity index is 1.45. The summed E-state index contributed by atoms with van der Waals surface area (Å²) >= 11 is 0. The molecule has 4 amide bonds. The Labute approximate surface area is 193 Å². The molecule has 1 aromatic heterocycles. The van der Waals surface area contributed by atoms with E-state index in [-0.39, 0.29) is 0 Å². The molecule has 34 heavy (non-hydrogen) atoms. The fraction of sp³-hybridized carbons (Fsp3) is 0.0800. The Hall–Kier alpha value is -4.79. The second-order valence-corrected chi connectivity index (χ2v) is 7.78. The predicted octanol–water partition coefficient (Wildman–Crippen LogP) is 1.92. The molecule has 2 heterocycles. The van der Waals surface area contributed by atoms with Crippen molar-refractivity contribution in [3.05, 3.63) is 113 Å². The van der Waals surface area contributed by atoms with Crippen LogP contribution in [0.4, 0.5) is 4.79 Å². The van der Waals surface area contributed by atoms with E-state index in [1.165, 1.54) is 6.33 Å². The van der Waals surface area contributed by atoms with Crippen molar-refractivity contribution in [2.24, 2.45) is 0 Å². The van der Waals surface area contributed by atoms with Crippen molar-refractivity contribution in [2.45, 2.75) is 12.1 Å². The number of benzene rings is 3. The first-order chi connectivity index (χ1) is 16.5. The lowest BCUT2D eigenvalue weighted by atomic mass is 9.83. The van der Waals surface area contributed by atoms with Gasteiger partial charge in [0.05, 0.1) is 17.2 Å². The normalized spacial score (nSPS) is 14.8. The monoisotopic (exact) mass is 453 g/mol. The van der Waals surface area contributed by atoms with Crippen molar-refractivity contribution in [1.29, 1.82) is 0 Å². The van der Waals surface area contributed by atoms with E-state index in [1.807, 2.05) is 0 Å². The van der Waals surface area contributed by atoms with Crippen LogP contribution >= 0.6 is 0 Å². The van der Waals surface area contributed by atoms with Crippen LogP contribution in [0.15, 0.2) is 96.1 Å². The SMILES string of the molecule is O=C(Cn1cnc2ccccc2c1=O)NN1C(=O)NC(c2ccccc2)(c2ccccc2)C1=O. The van der Waals surface area contributed by atoms with Crippen LogP contribution in [0.1, 0.15) is 11.1 Å². The first-order valence-electron chi connectivity index (χ1n) is 10.5. The van der Waals surface area contributed by atoms with Crippen molar-refractivity contribution in [2.75, 3.05) is 0 Å². The van der Waals surface area contributed by atoms with Crippen molar-refractivity contribution < 1.29 is 14.4 Å². The van der Waals surface area contributed by atoms with E-state index in [9.17, 15) is 19.2 Å². The lowest BCUT2D eigenvalue weighted by Gasteiger charge is -2.27. The van der Waals surface area contributed by atoms with Crippen LogP contribution in [0.2, 0.25) is 0 Å². The minimum atomic E-state index is -1.51. The topological polar surface area (TPSA) is 113 Å². The minimum Gasteiger partial charge on any atom is -0.314 e. The lowest BCUT2D eigenvalue weighted by molar-refractivity contribution is -0.138. The maximum absolute atomic E-state index is 13.6. The lowest BCUT2D eigenvalue weighted by Crippen LogP contribution is -2.50. The van der Waals surface area contributed by atoms with Gasteiger partial charge in [0.25, 0.3) is 17.4 Å². The van der Waals surface area contributed by atoms with Crippen LogP contribution in [-0.2, 0) is 21.7 Å². The summed E-state index contributed by atoms with van der Waals surface area (Å²) in [5.41, 5.74) is 2.04. The second-order valence-electron chi connectivity index (χ2n) is 7.78. The maximum Gasteiger partial charge on any atom is 0.344 e. The smallest absolute Gasteiger partial charge is 0.314 e. The number of carbonyl (C=O) groups is 3. The first-order valence-corrected chi connectivity index (χ1v) is 10.5. The summed E-state index contributed by atoms with van der Waals surface area (Å²) in [5, 5.41) is 3.76. The highest BCUT2D eigenvalue weighted by molar-refractivity contribution is 6.10. The Bertz CT molecular complexity index is 1430. The Morgan fingerprint density at radius 2 is 1.44 bits per heavy atom. The van der Waals surface area contributed by atoms with Crippen LogP contribution in [0.5, 0.6) is 0 Å². The summed E-state index contributed by atoms with van der Waals surface area (Å²) in [5.74, 6) is -1.38. The number of para-hydroxylation sites is 1. The molecule has 9 nitrogen and oxygen atoms in total. The third-order valence-electron chi connectivity index (χ3n) is 5.72. The number of hydrogen-bond acceptors (Lipinski definition) is 5. The maximum atomic E-state index is 13.6. The summed E-state index contributed by atoms with van der Waals surface area (Å²) < 4.78 is 1.12. The number of rotatable bonds is 5. The third kappa shape index (κ3) is 3.39. The molecule has 0 saturated carbocycles. The van der Waals surface area contributed by atoms with Gasteiger partial charge in [-0.2, -0.15) is 5.01 Å². The zero-order valence-electron chi connectivity index (χ0n) is 17.8. The number of carbonyl (C=O) groups excluding carboxylic acids is 3. The largest absolute Gasteiger partial charge is 0.344 e. The molecular formula is C25H19N5O4. The van der Waals surface area contributed by atoms with Crippen molar-refractivity contribution in [3.63, 3.8) is 0 Å². The van der Waals surface area contributed by atoms with Gasteiger partial charge in [0.2, 0.25) is 0 Å². The molecule has 9 heteroatoms. The summed E-state index contributed by atoms with van der Waals surface area (Å²) in [6.07, 6.45) is 1.26. The standard InChI is InChI=1S/C25H19N5O4/c31-21(15-29-16-26-20-14-8-7-13-19(20)22(29)32)28-30-23(33)25(27-24(30)34,17-9-3-1-4-10-17)18-11-5-2-6-12-18/h1-14,16H,15H2,(H,27,34)(H,28,31). The van der Waals surface area contributed by atoms with Gasteiger partial charge in [0.1, 0.15) is 6.54 Å². The molecule has 0 atom stereocenters. The highest BCUT2D eigenvalue weighted by atomic mass is 16.2. The van der Waals surface area contributed by atoms with Gasteiger partial charge in [-0.3, -0.25) is 24.4 Å². The third-order valence-corrected chi connectivity index (χ3v) is 5.72. The average molecular weight is 453 g/mol. The summed E-state index contributed by atoms with van der Waals surface area (Å²) in [4.78, 5) is 56.1. The molecule has 3 aromatic carbocycles. The summed E-state index contributed by atoms with van der Waals surface area (Å²) in [7, 11) is 0. The highest BCUT2D eigenvalue weighted by Crippen LogP contribution is 2.35. The van der Waals surface area contributed by atoms with E-state index in [4.69, 9.17) is 0 Å². The molecule has 2 N–H and O–H groups in total. The van der Waals surface area contributed by atoms with Gasteiger partial charge < -0.3 is 5.32 Å². The molecule has 5 rings (SSSR count). The van der Waals surface area contributed by atoms with Crippen LogP contribution in [0.3, 0.4) is 0 Å². The Morgan fingerprint density at radius 1 is 0.853 bits per heavy atom. The Morgan fingerprint density at radius 3 is 2.09 bits per heavy atom. The van der Waals surface area contributed by atoms with Gasteiger partial charge in [-0.25, -0.2) is 9.78 Å². The van der Waals surface area contributed by atoms with E-state index in [0.717, 1.165) is 4.57 Å². The molecule has 0 bridgehead atoms. The number of nitrogens with zero attached hydrogens (tertiary/aromatic N) is 3. The van der Waals surface area contributed by atoms with Crippen molar-refractivity contribution in [1.82, 2.24) is 25.3 Å². The van der Waals surface area contributed by atoms with Crippen LogP contribution in [0, 0.1) is 0 Å². The predicted molar refractivity (Wildman–Crippen MR) is 123 cm³/mol. The fourth-order valence-corrected chi connectivity index (χ4v) is 4.10. The molecule has 1 fully saturated rings. The van der Waals surface area contributed by atoms with Crippen molar-refractivity contribution in [3.8, 4) is 0 Å². The van der Waals surface area contributed by atoms with Crippen LogP contribution < -0.4 is 16.3 Å². The molecule has 0 unspecified atom stereocenters. The molecule has 168 valence electrons. The molecule has 4 aromatic rings. The summed E-state index contributed by atoms with van der Waals surface area (Å²) in [6.45, 7) is -0.419. The average Bonchev–Trinajstić information content (AvgIpc) is 3.12. The quantitative estimate of drug-likeness (QED) is 0.448. The van der Waals surface area contributed by atoms with E-state index in [0.29, 0.717) is 27.0 Å². The van der Waals surface area contributed by atoms with Crippen LogP contribution in [0.25, 0.3) is 10.9 Å². The molecule has 1 saturated heterocycles.